The molecule has 152 valence electrons. The molecule has 0 amide bonds. The molecule has 1 N–H and O–H groups in total. The molecule has 3 fully saturated rings. The highest BCUT2D eigenvalue weighted by atomic mass is 16.5. The second-order valence-electron chi connectivity index (χ2n) is 9.30. The summed E-state index contributed by atoms with van der Waals surface area (Å²) in [6.45, 7) is 5.30. The minimum absolute atomic E-state index is 0.0485. The van der Waals surface area contributed by atoms with Gasteiger partial charge in [0, 0.05) is 31.8 Å². The van der Waals surface area contributed by atoms with E-state index < -0.39 is 0 Å². The molecule has 28 heavy (non-hydrogen) atoms. The lowest BCUT2D eigenvalue weighted by Crippen LogP contribution is -2.45. The summed E-state index contributed by atoms with van der Waals surface area (Å²) in [6.07, 6.45) is 10.4. The van der Waals surface area contributed by atoms with Crippen LogP contribution in [0.1, 0.15) is 63.0 Å². The molecule has 5 rings (SSSR count). The van der Waals surface area contributed by atoms with Gasteiger partial charge >= 0.3 is 5.69 Å². The molecule has 2 saturated carbocycles. The number of nitrogens with one attached hydrogen (secondary N) is 1. The highest BCUT2D eigenvalue weighted by Crippen LogP contribution is 2.33. The molecule has 1 aromatic heterocycles. The summed E-state index contributed by atoms with van der Waals surface area (Å²) in [7, 11) is 0. The number of hydrogen-bond acceptors (Lipinski definition) is 3. The molecule has 0 radical (unpaired) electrons. The van der Waals surface area contributed by atoms with Crippen molar-refractivity contribution in [3.63, 3.8) is 0 Å². The van der Waals surface area contributed by atoms with Crippen LogP contribution in [0.2, 0.25) is 0 Å². The predicted molar refractivity (Wildman–Crippen MR) is 112 cm³/mol. The number of H-pyrrole nitrogens is 1. The first-order chi connectivity index (χ1) is 13.7. The molecule has 0 unspecified atom stereocenters. The fraction of sp³-hybridized carbons (Fsp3) is 0.696. The second-order valence-corrected chi connectivity index (χ2v) is 9.30. The summed E-state index contributed by atoms with van der Waals surface area (Å²) in [5.41, 5.74) is 3.28. The Morgan fingerprint density at radius 2 is 1.75 bits per heavy atom. The molecular weight excluding hydrogens is 350 g/mol. The number of aryl methyl sites for hydroxylation is 1. The number of likely N-dealkylation sites (tertiary alicyclic amines) is 1. The van der Waals surface area contributed by atoms with Crippen molar-refractivity contribution >= 4 is 11.0 Å². The van der Waals surface area contributed by atoms with Gasteiger partial charge in [-0.05, 0) is 81.9 Å². The zero-order valence-electron chi connectivity index (χ0n) is 17.0. The lowest BCUT2D eigenvalue weighted by Gasteiger charge is -2.41. The molecule has 5 nitrogen and oxygen atoms in total. The molecule has 2 aromatic rings. The zero-order chi connectivity index (χ0) is 19.1. The number of aromatic amines is 1. The average Bonchev–Trinajstić information content (AvgIpc) is 3.49. The van der Waals surface area contributed by atoms with Crippen molar-refractivity contribution in [2.75, 3.05) is 19.7 Å². The van der Waals surface area contributed by atoms with Crippen molar-refractivity contribution in [1.29, 1.82) is 0 Å². The summed E-state index contributed by atoms with van der Waals surface area (Å²) in [4.78, 5) is 18.3. The summed E-state index contributed by atoms with van der Waals surface area (Å²) < 4.78 is 8.13. The third-order valence-corrected chi connectivity index (χ3v) is 7.16. The van der Waals surface area contributed by atoms with E-state index in [1.807, 2.05) is 10.6 Å². The molecular formula is C23H33N3O2. The first-order valence-corrected chi connectivity index (χ1v) is 11.2. The largest absolute Gasteiger partial charge is 0.378 e. The van der Waals surface area contributed by atoms with Crippen molar-refractivity contribution in [1.82, 2.24) is 14.5 Å². The maximum Gasteiger partial charge on any atom is 0.326 e. The lowest BCUT2D eigenvalue weighted by atomic mass is 9.90. The summed E-state index contributed by atoms with van der Waals surface area (Å²) in [5.74, 6) is 0.869. The third kappa shape index (κ3) is 3.79. The first-order valence-electron chi connectivity index (χ1n) is 11.2. The standard InChI is InChI=1S/C23H33N3O2/c1-16-2-9-21-22(14-16)26(23(27)24-21)19-10-12-25(13-11-19)18-5-7-20(8-6-18)28-15-17-3-4-17/h2,9,14,17-20H,3-8,10-13,15H2,1H3,(H,24,27). The number of ether oxygens (including phenoxy) is 1. The molecule has 1 aliphatic heterocycles. The number of imidazole rings is 1. The maximum absolute atomic E-state index is 12.6. The normalized spacial score (nSPS) is 27.5. The number of hydrogen-bond donors (Lipinski definition) is 1. The van der Waals surface area contributed by atoms with Gasteiger partial charge in [-0.3, -0.25) is 4.57 Å². The van der Waals surface area contributed by atoms with Crippen LogP contribution in [0.25, 0.3) is 11.0 Å². The Labute approximate surface area is 167 Å². The summed E-state index contributed by atoms with van der Waals surface area (Å²) in [6, 6.07) is 7.26. The van der Waals surface area contributed by atoms with Crippen LogP contribution in [0.3, 0.4) is 0 Å². The lowest BCUT2D eigenvalue weighted by molar-refractivity contribution is -0.00218. The van der Waals surface area contributed by atoms with Gasteiger partial charge in [0.05, 0.1) is 17.1 Å². The summed E-state index contributed by atoms with van der Waals surface area (Å²) >= 11 is 0. The third-order valence-electron chi connectivity index (χ3n) is 7.16. The van der Waals surface area contributed by atoms with E-state index in [4.69, 9.17) is 4.74 Å². The fourth-order valence-corrected chi connectivity index (χ4v) is 5.24. The number of piperidine rings is 1. The van der Waals surface area contributed by atoms with Gasteiger partial charge in [-0.25, -0.2) is 4.79 Å². The van der Waals surface area contributed by atoms with Crippen LogP contribution in [0.4, 0.5) is 0 Å². The van der Waals surface area contributed by atoms with Crippen molar-refractivity contribution in [3.8, 4) is 0 Å². The van der Waals surface area contributed by atoms with Crippen molar-refractivity contribution < 1.29 is 4.74 Å². The maximum atomic E-state index is 12.6. The van der Waals surface area contributed by atoms with Crippen LogP contribution >= 0.6 is 0 Å². The number of benzene rings is 1. The number of rotatable bonds is 5. The molecule has 0 spiro atoms. The molecule has 0 atom stereocenters. The Hall–Kier alpha value is -1.59. The molecule has 2 heterocycles. The van der Waals surface area contributed by atoms with Crippen molar-refractivity contribution in [2.24, 2.45) is 5.92 Å². The van der Waals surface area contributed by atoms with E-state index >= 15 is 0 Å². The number of nitrogens with zero attached hydrogens (tertiary/aromatic N) is 2. The van der Waals surface area contributed by atoms with E-state index in [9.17, 15) is 4.79 Å². The van der Waals surface area contributed by atoms with Crippen LogP contribution in [-0.2, 0) is 4.74 Å². The van der Waals surface area contributed by atoms with Crippen LogP contribution < -0.4 is 5.69 Å². The van der Waals surface area contributed by atoms with E-state index in [2.05, 4.69) is 28.9 Å². The van der Waals surface area contributed by atoms with E-state index in [1.165, 1.54) is 44.1 Å². The fourth-order valence-electron chi connectivity index (χ4n) is 5.24. The topological polar surface area (TPSA) is 50.3 Å². The van der Waals surface area contributed by atoms with Gasteiger partial charge in [-0.15, -0.1) is 0 Å². The first kappa shape index (κ1) is 18.4. The highest BCUT2D eigenvalue weighted by Gasteiger charge is 2.31. The van der Waals surface area contributed by atoms with Gasteiger partial charge in [0.15, 0.2) is 0 Å². The van der Waals surface area contributed by atoms with Crippen LogP contribution in [-0.4, -0.2) is 46.3 Å². The highest BCUT2D eigenvalue weighted by molar-refractivity contribution is 5.76. The van der Waals surface area contributed by atoms with Crippen LogP contribution in [0.15, 0.2) is 23.0 Å². The average molecular weight is 384 g/mol. The smallest absolute Gasteiger partial charge is 0.326 e. The second kappa shape index (κ2) is 7.68. The predicted octanol–water partition coefficient (Wildman–Crippen LogP) is 4.01. The van der Waals surface area contributed by atoms with Crippen LogP contribution in [0, 0.1) is 12.8 Å². The van der Waals surface area contributed by atoms with Crippen LogP contribution in [0.5, 0.6) is 0 Å². The van der Waals surface area contributed by atoms with E-state index in [1.54, 1.807) is 0 Å². The minimum Gasteiger partial charge on any atom is -0.378 e. The molecule has 1 aromatic carbocycles. The van der Waals surface area contributed by atoms with Gasteiger partial charge in [0.1, 0.15) is 0 Å². The molecule has 5 heteroatoms. The van der Waals surface area contributed by atoms with E-state index in [0.29, 0.717) is 18.2 Å². The Kier molecular flexibility index (Phi) is 5.06. The molecule has 1 saturated heterocycles. The SMILES string of the molecule is Cc1ccc2[nH]c(=O)n(C3CCN(C4CCC(OCC5CC5)CC4)CC3)c2c1. The Morgan fingerprint density at radius 1 is 1.00 bits per heavy atom. The molecule has 3 aliphatic rings. The summed E-state index contributed by atoms with van der Waals surface area (Å²) in [5, 5.41) is 0. The van der Waals surface area contributed by atoms with E-state index in [0.717, 1.165) is 49.5 Å². The minimum atomic E-state index is 0.0485. The zero-order valence-corrected chi connectivity index (χ0v) is 17.0. The van der Waals surface area contributed by atoms with Crippen molar-refractivity contribution in [3.05, 3.63) is 34.2 Å². The molecule has 2 aliphatic carbocycles. The van der Waals surface area contributed by atoms with Crippen molar-refractivity contribution in [2.45, 2.75) is 76.5 Å². The van der Waals surface area contributed by atoms with Gasteiger partial charge < -0.3 is 14.6 Å². The number of aromatic nitrogens is 2. The number of fused-ring (bicyclic) bond motifs is 1. The van der Waals surface area contributed by atoms with Gasteiger partial charge in [0.25, 0.3) is 0 Å². The van der Waals surface area contributed by atoms with E-state index in [-0.39, 0.29) is 5.69 Å². The van der Waals surface area contributed by atoms with Gasteiger partial charge in [-0.1, -0.05) is 6.07 Å². The Bertz CT molecular complexity index is 866. The van der Waals surface area contributed by atoms with Gasteiger partial charge in [-0.2, -0.15) is 0 Å². The van der Waals surface area contributed by atoms with Gasteiger partial charge in [0.2, 0.25) is 0 Å². The quantitative estimate of drug-likeness (QED) is 0.849. The Balaban J connectivity index is 1.17. The monoisotopic (exact) mass is 383 g/mol. The Morgan fingerprint density at radius 3 is 2.46 bits per heavy atom. The molecule has 0 bridgehead atoms.